The van der Waals surface area contributed by atoms with Gasteiger partial charge in [0.25, 0.3) is 0 Å². The maximum Gasteiger partial charge on any atom is 0.0785 e. The van der Waals surface area contributed by atoms with Crippen molar-refractivity contribution in [3.63, 3.8) is 0 Å². The minimum Gasteiger partial charge on any atom is -0.255 e. The van der Waals surface area contributed by atoms with Crippen molar-refractivity contribution in [3.8, 4) is 22.3 Å². The average Bonchev–Trinajstić information content (AvgIpc) is 3.52. The second-order valence-electron chi connectivity index (χ2n) is 16.5. The lowest BCUT2D eigenvalue weighted by molar-refractivity contribution is 0.635. The van der Waals surface area contributed by atoms with Crippen LogP contribution in [-0.4, -0.2) is 21.5 Å². The molecule has 0 atom stereocenters. The average molecular weight is 1060 g/mol. The molecule has 3 heteroatoms. The number of hydrogen-bond donors (Lipinski definition) is 0. The highest BCUT2D eigenvalue weighted by Gasteiger charge is 1.97. The Kier molecular flexibility index (Phi) is 48.2. The van der Waals surface area contributed by atoms with E-state index in [0.717, 1.165) is 0 Å². The molecule has 0 N–H and O–H groups in total. The zero-order chi connectivity index (χ0) is 59.5. The van der Waals surface area contributed by atoms with Crippen LogP contribution in [0.5, 0.6) is 0 Å². The third-order valence-corrected chi connectivity index (χ3v) is 10.6. The van der Waals surface area contributed by atoms with E-state index in [-0.39, 0.29) is 0 Å². The summed E-state index contributed by atoms with van der Waals surface area (Å²) in [5.74, 6) is 0. The van der Waals surface area contributed by atoms with E-state index in [9.17, 15) is 13.2 Å². The smallest absolute Gasteiger partial charge is 0.0785 e. The van der Waals surface area contributed by atoms with Crippen LogP contribution in [0, 0.1) is 55.4 Å². The lowest BCUT2D eigenvalue weighted by atomic mass is 10.0. The van der Waals surface area contributed by atoms with Gasteiger partial charge in [0.05, 0.1) is 21.5 Å². The van der Waals surface area contributed by atoms with Crippen molar-refractivity contribution in [1.29, 1.82) is 0 Å². The molecule has 0 amide bonds. The maximum atomic E-state index is 9.50. The van der Waals surface area contributed by atoms with E-state index in [0.29, 0.717) is 21.5 Å². The van der Waals surface area contributed by atoms with Crippen LogP contribution < -0.4 is 0 Å². The predicted molar refractivity (Wildman–Crippen MR) is 349 cm³/mol. The van der Waals surface area contributed by atoms with Crippen LogP contribution in [0.4, 0.5) is 13.2 Å². The standard InChI is InChI=1S/2C14H14.2C10H8.2C8H10.4C2H6.3CH3F/c2*1-11-3-7-13(8-4-11)14-9-5-12(2)6-10-14;2*1-2-6-10-8-4-3-7-9(10)5-1;2*1-7-3-5-8(2)6-4-7;7*1-2/h2*3-10H,1-2H3;2*1-8H;2*3-6H,1-2H3;4*1-2H3;3*1H3. The third-order valence-electron chi connectivity index (χ3n) is 10.6. The van der Waals surface area contributed by atoms with Crippen molar-refractivity contribution in [2.45, 2.75) is 111 Å². The van der Waals surface area contributed by atoms with Crippen LogP contribution >= 0.6 is 0 Å². The predicted octanol–water partition coefficient (Wildman–Crippen LogP) is 24.1. The Morgan fingerprint density at radius 3 is 0.346 bits per heavy atom. The molecule has 0 saturated carbocycles. The molecule has 0 aliphatic heterocycles. The van der Waals surface area contributed by atoms with Gasteiger partial charge in [-0.25, -0.2) is 0 Å². The molecule has 0 heterocycles. The fourth-order valence-electron chi connectivity index (χ4n) is 6.52. The molecule has 0 fully saturated rings. The third kappa shape index (κ3) is 33.5. The van der Waals surface area contributed by atoms with Crippen molar-refractivity contribution < 1.29 is 13.2 Å². The Morgan fingerprint density at radius 1 is 0.154 bits per heavy atom. The topological polar surface area (TPSA) is 0 Å². The largest absolute Gasteiger partial charge is 0.255 e. The Labute approximate surface area is 474 Å². The molecule has 0 aromatic heterocycles. The van der Waals surface area contributed by atoms with E-state index in [1.807, 2.05) is 55.4 Å². The lowest BCUT2D eigenvalue weighted by Gasteiger charge is -2.02. The fourth-order valence-corrected chi connectivity index (χ4v) is 6.52. The highest BCUT2D eigenvalue weighted by molar-refractivity contribution is 5.82. The summed E-state index contributed by atoms with van der Waals surface area (Å²) in [5.41, 5.74) is 15.7. The first-order chi connectivity index (χ1) is 38.0. The molecule has 10 rings (SSSR count). The van der Waals surface area contributed by atoms with Gasteiger partial charge in [0.15, 0.2) is 0 Å². The van der Waals surface area contributed by atoms with Crippen LogP contribution in [0.2, 0.25) is 0 Å². The molecule has 0 aliphatic carbocycles. The van der Waals surface area contributed by atoms with Gasteiger partial charge in [0.2, 0.25) is 0 Å². The maximum absolute atomic E-state index is 9.50. The van der Waals surface area contributed by atoms with Crippen molar-refractivity contribution in [2.24, 2.45) is 0 Å². The molecule has 0 nitrogen and oxygen atoms in total. The van der Waals surface area contributed by atoms with E-state index in [2.05, 4.69) is 298 Å². The van der Waals surface area contributed by atoms with E-state index < -0.39 is 0 Å². The van der Waals surface area contributed by atoms with Gasteiger partial charge < -0.3 is 0 Å². The second-order valence-corrected chi connectivity index (χ2v) is 16.5. The van der Waals surface area contributed by atoms with Crippen LogP contribution in [0.1, 0.15) is 99.9 Å². The summed E-state index contributed by atoms with van der Waals surface area (Å²) in [6, 6.07) is 84.9. The van der Waals surface area contributed by atoms with Gasteiger partial charge in [0, 0.05) is 0 Å². The first kappa shape index (κ1) is 74.7. The molecule has 10 aromatic carbocycles. The molecule has 0 aliphatic rings. The van der Waals surface area contributed by atoms with E-state index in [1.54, 1.807) is 0 Å². The summed E-state index contributed by atoms with van der Waals surface area (Å²) >= 11 is 0. The van der Waals surface area contributed by atoms with Gasteiger partial charge >= 0.3 is 0 Å². The molecule has 0 saturated heterocycles. The van der Waals surface area contributed by atoms with E-state index in [1.165, 1.54) is 88.3 Å². The quantitative estimate of drug-likeness (QED) is 0.162. The summed E-state index contributed by atoms with van der Waals surface area (Å²) in [7, 11) is 1.50. The minimum absolute atomic E-state index is 0.500. The zero-order valence-corrected chi connectivity index (χ0v) is 51.2. The number of alkyl halides is 3. The molecular weight excluding hydrogens is 958 g/mol. The minimum atomic E-state index is 0.500. The lowest BCUT2D eigenvalue weighted by Crippen LogP contribution is -1.78. The number of hydrogen-bond acceptors (Lipinski definition) is 0. The molecule has 10 aromatic rings. The summed E-state index contributed by atoms with van der Waals surface area (Å²) in [6.45, 7) is 32.8. The molecule has 0 radical (unpaired) electrons. The van der Waals surface area contributed by atoms with Crippen LogP contribution in [0.25, 0.3) is 43.8 Å². The van der Waals surface area contributed by atoms with Gasteiger partial charge in [-0.3, -0.25) is 13.2 Å². The number of benzene rings is 10. The van der Waals surface area contributed by atoms with Crippen LogP contribution in [-0.2, 0) is 0 Å². The van der Waals surface area contributed by atoms with Crippen LogP contribution in [0.3, 0.4) is 0 Å². The Balaban J connectivity index is -0.000000835. The van der Waals surface area contributed by atoms with Gasteiger partial charge in [-0.15, -0.1) is 0 Å². The Morgan fingerprint density at radius 2 is 0.244 bits per heavy atom. The van der Waals surface area contributed by atoms with Crippen molar-refractivity contribution in [3.05, 3.63) is 287 Å². The van der Waals surface area contributed by atoms with Gasteiger partial charge in [-0.05, 0) is 99.2 Å². The first-order valence-electron chi connectivity index (χ1n) is 27.4. The molecule has 418 valence electrons. The second kappa shape index (κ2) is 50.3. The van der Waals surface area contributed by atoms with E-state index in [4.69, 9.17) is 0 Å². The van der Waals surface area contributed by atoms with Gasteiger partial charge in [0.1, 0.15) is 0 Å². The molecule has 0 spiro atoms. The normalized spacial score (nSPS) is 8.64. The number of fused-ring (bicyclic) bond motifs is 2. The van der Waals surface area contributed by atoms with Crippen molar-refractivity contribution in [1.82, 2.24) is 0 Å². The number of halogens is 3. The summed E-state index contributed by atoms with van der Waals surface area (Å²) in [5, 5.41) is 5.24. The summed E-state index contributed by atoms with van der Waals surface area (Å²) < 4.78 is 28.5. The Bertz CT molecular complexity index is 2380. The highest BCUT2D eigenvalue weighted by Crippen LogP contribution is 2.21. The number of rotatable bonds is 2. The van der Waals surface area contributed by atoms with Crippen molar-refractivity contribution in [2.75, 3.05) is 21.5 Å². The molecule has 0 bridgehead atoms. The van der Waals surface area contributed by atoms with Crippen LogP contribution in [0.15, 0.2) is 243 Å². The molecule has 78 heavy (non-hydrogen) atoms. The summed E-state index contributed by atoms with van der Waals surface area (Å²) in [6.07, 6.45) is 0. The SMILES string of the molecule is CC.CC.CC.CC.CF.CF.CF.Cc1ccc(-c2ccc(C)cc2)cc1.Cc1ccc(-c2ccc(C)cc2)cc1.Cc1ccc(C)cc1.Cc1ccc(C)cc1.c1ccc2ccccc2c1.c1ccc2ccccc2c1. The zero-order valence-electron chi connectivity index (χ0n) is 51.2. The van der Waals surface area contributed by atoms with Gasteiger partial charge in [-0.2, -0.15) is 0 Å². The van der Waals surface area contributed by atoms with Gasteiger partial charge in [-0.1, -0.05) is 343 Å². The van der Waals surface area contributed by atoms with Crippen molar-refractivity contribution >= 4 is 21.5 Å². The molecule has 0 unspecified atom stereocenters. The Hall–Kier alpha value is -7.49. The summed E-state index contributed by atoms with van der Waals surface area (Å²) in [4.78, 5) is 0. The monoisotopic (exact) mass is 1050 g/mol. The first-order valence-corrected chi connectivity index (χ1v) is 27.4. The molecular formula is C75H97F3. The van der Waals surface area contributed by atoms with E-state index >= 15 is 0 Å². The number of aryl methyl sites for hydroxylation is 8. The fraction of sp³-hybridized carbons (Fsp3) is 0.253. The highest BCUT2D eigenvalue weighted by atomic mass is 19.1.